The van der Waals surface area contributed by atoms with E-state index < -0.39 is 12.2 Å². The van der Waals surface area contributed by atoms with Crippen molar-refractivity contribution < 1.29 is 14.4 Å². The summed E-state index contributed by atoms with van der Waals surface area (Å²) in [6.45, 7) is 3.06. The Morgan fingerprint density at radius 2 is 1.83 bits per heavy atom. The number of halogens is 1. The number of unbranched alkanes of at least 4 members (excludes halogenated alkanes) is 1. The average molecular weight is 498 g/mol. The van der Waals surface area contributed by atoms with Crippen LogP contribution < -0.4 is 5.32 Å². The molecule has 1 N–H and O–H groups in total. The lowest BCUT2D eigenvalue weighted by Gasteiger charge is -2.54. The Balaban J connectivity index is 1.60. The van der Waals surface area contributed by atoms with E-state index in [0.717, 1.165) is 24.0 Å². The van der Waals surface area contributed by atoms with Crippen molar-refractivity contribution in [3.05, 3.63) is 70.7 Å². The van der Waals surface area contributed by atoms with Gasteiger partial charge in [-0.05, 0) is 29.7 Å². The van der Waals surface area contributed by atoms with Crippen LogP contribution in [0.1, 0.15) is 37.3 Å². The van der Waals surface area contributed by atoms with Crippen LogP contribution in [-0.2, 0) is 22.7 Å². The number of hydrazine groups is 1. The summed E-state index contributed by atoms with van der Waals surface area (Å²) in [6.07, 6.45) is 1.70. The minimum Gasteiger partial charge on any atom is -0.333 e. The zero-order valence-electron chi connectivity index (χ0n) is 20.2. The Labute approximate surface area is 211 Å². The normalized spacial score (nSPS) is 20.7. The molecule has 0 bridgehead atoms. The highest BCUT2D eigenvalue weighted by atomic mass is 35.5. The summed E-state index contributed by atoms with van der Waals surface area (Å²) in [6, 6.07) is 16.2. The first-order valence-corrected chi connectivity index (χ1v) is 12.4. The summed E-state index contributed by atoms with van der Waals surface area (Å²) in [5.74, 6) is -0.223. The van der Waals surface area contributed by atoms with Gasteiger partial charge in [-0.25, -0.2) is 14.8 Å². The maximum Gasteiger partial charge on any atom is 0.334 e. The molecular formula is C26H32ClN5O3. The van der Waals surface area contributed by atoms with Gasteiger partial charge >= 0.3 is 6.03 Å². The van der Waals surface area contributed by atoms with Crippen molar-refractivity contribution in [2.45, 2.75) is 51.5 Å². The van der Waals surface area contributed by atoms with Gasteiger partial charge in [0.15, 0.2) is 0 Å². The molecule has 1 unspecified atom stereocenters. The molecule has 186 valence electrons. The van der Waals surface area contributed by atoms with Crippen molar-refractivity contribution in [2.75, 3.05) is 20.1 Å². The van der Waals surface area contributed by atoms with Gasteiger partial charge in [0.05, 0.1) is 13.1 Å². The van der Waals surface area contributed by atoms with Gasteiger partial charge in [0, 0.05) is 25.2 Å². The number of hydrogen-bond donors (Lipinski definition) is 1. The largest absolute Gasteiger partial charge is 0.334 e. The van der Waals surface area contributed by atoms with Crippen LogP contribution in [0.25, 0.3) is 0 Å². The van der Waals surface area contributed by atoms with Gasteiger partial charge in [-0.2, -0.15) is 0 Å². The molecule has 2 aromatic rings. The number of fused-ring (bicyclic) bond motifs is 1. The van der Waals surface area contributed by atoms with Crippen LogP contribution in [0.5, 0.6) is 0 Å². The standard InChI is InChI=1S/C26H32ClN5O3/c1-3-4-13-22-25(34)30(16-20-11-8-12-21(27)14-20)17-23-31(22)24(33)18-29(2)32(23)26(35)28-15-19-9-6-5-7-10-19/h5-12,14,22-23H,3-4,13,15-18H2,1-2H3,(H,28,35)/t22-,23?/m0/s1. The number of amides is 4. The second-order valence-electron chi connectivity index (χ2n) is 9.09. The summed E-state index contributed by atoms with van der Waals surface area (Å²) >= 11 is 6.17. The molecule has 9 heteroatoms. The molecule has 0 spiro atoms. The van der Waals surface area contributed by atoms with Crippen LogP contribution in [0.15, 0.2) is 54.6 Å². The number of benzene rings is 2. The molecule has 35 heavy (non-hydrogen) atoms. The SMILES string of the molecule is CCCC[C@H]1C(=O)N(Cc2cccc(Cl)c2)CC2N1C(=O)CN(C)N2C(=O)NCc1ccccc1. The molecule has 2 aliphatic rings. The molecule has 2 fully saturated rings. The summed E-state index contributed by atoms with van der Waals surface area (Å²) < 4.78 is 0. The molecule has 2 heterocycles. The summed E-state index contributed by atoms with van der Waals surface area (Å²) in [5.41, 5.74) is 1.89. The first-order chi connectivity index (χ1) is 16.9. The number of rotatable bonds is 7. The Morgan fingerprint density at radius 3 is 2.54 bits per heavy atom. The van der Waals surface area contributed by atoms with Gasteiger partial charge in [-0.3, -0.25) is 9.59 Å². The Bertz CT molecular complexity index is 1070. The van der Waals surface area contributed by atoms with Gasteiger partial charge in [0.25, 0.3) is 0 Å². The smallest absolute Gasteiger partial charge is 0.333 e. The zero-order valence-corrected chi connectivity index (χ0v) is 20.9. The van der Waals surface area contributed by atoms with E-state index in [0.29, 0.717) is 24.5 Å². The maximum atomic E-state index is 13.6. The molecule has 0 saturated carbocycles. The number of carbonyl (C=O) groups excluding carboxylic acids is 3. The Kier molecular flexibility index (Phi) is 7.93. The quantitative estimate of drug-likeness (QED) is 0.635. The first-order valence-electron chi connectivity index (χ1n) is 12.1. The van der Waals surface area contributed by atoms with Crippen molar-refractivity contribution in [3.8, 4) is 0 Å². The van der Waals surface area contributed by atoms with E-state index in [1.807, 2.05) is 48.5 Å². The lowest BCUT2D eigenvalue weighted by molar-refractivity contribution is -0.188. The molecule has 4 amide bonds. The number of likely N-dealkylation sites (N-methyl/N-ethyl adjacent to an activating group) is 1. The summed E-state index contributed by atoms with van der Waals surface area (Å²) in [5, 5.41) is 6.81. The summed E-state index contributed by atoms with van der Waals surface area (Å²) in [7, 11) is 1.73. The molecular weight excluding hydrogens is 466 g/mol. The molecule has 2 aliphatic heterocycles. The van der Waals surface area contributed by atoms with Crippen molar-refractivity contribution in [1.82, 2.24) is 25.1 Å². The number of nitrogens with one attached hydrogen (secondary N) is 1. The third-order valence-corrected chi connectivity index (χ3v) is 6.76. The van der Waals surface area contributed by atoms with Crippen LogP contribution in [0.2, 0.25) is 5.02 Å². The van der Waals surface area contributed by atoms with Crippen molar-refractivity contribution in [1.29, 1.82) is 0 Å². The topological polar surface area (TPSA) is 76.2 Å². The van der Waals surface area contributed by atoms with Gasteiger partial charge in [-0.1, -0.05) is 73.8 Å². The Morgan fingerprint density at radius 1 is 1.09 bits per heavy atom. The first kappa shape index (κ1) is 25.0. The minimum atomic E-state index is -0.599. The molecule has 4 rings (SSSR count). The molecule has 0 radical (unpaired) electrons. The van der Waals surface area contributed by atoms with E-state index in [4.69, 9.17) is 11.6 Å². The van der Waals surface area contributed by atoms with Gasteiger partial charge < -0.3 is 15.1 Å². The lowest BCUT2D eigenvalue weighted by Crippen LogP contribution is -2.75. The highest BCUT2D eigenvalue weighted by Gasteiger charge is 2.50. The van der Waals surface area contributed by atoms with Crippen LogP contribution in [0, 0.1) is 0 Å². The average Bonchev–Trinajstić information content (AvgIpc) is 2.83. The maximum absolute atomic E-state index is 13.6. The van der Waals surface area contributed by atoms with E-state index in [2.05, 4.69) is 12.2 Å². The highest BCUT2D eigenvalue weighted by molar-refractivity contribution is 6.30. The number of urea groups is 1. The monoisotopic (exact) mass is 497 g/mol. The molecule has 2 atom stereocenters. The second-order valence-corrected chi connectivity index (χ2v) is 9.53. The lowest BCUT2D eigenvalue weighted by atomic mass is 10.0. The van der Waals surface area contributed by atoms with Crippen LogP contribution >= 0.6 is 11.6 Å². The molecule has 2 saturated heterocycles. The fourth-order valence-corrected chi connectivity index (χ4v) is 5.04. The molecule has 2 aromatic carbocycles. The van der Waals surface area contributed by atoms with Gasteiger partial charge in [0.2, 0.25) is 11.8 Å². The van der Waals surface area contributed by atoms with Crippen LogP contribution in [0.4, 0.5) is 4.79 Å². The summed E-state index contributed by atoms with van der Waals surface area (Å²) in [4.78, 5) is 43.5. The number of piperazine rings is 1. The molecule has 0 aliphatic carbocycles. The van der Waals surface area contributed by atoms with Crippen molar-refractivity contribution in [3.63, 3.8) is 0 Å². The fourth-order valence-electron chi connectivity index (χ4n) is 4.83. The van der Waals surface area contributed by atoms with Gasteiger partial charge in [0.1, 0.15) is 12.2 Å². The van der Waals surface area contributed by atoms with Crippen LogP contribution in [0.3, 0.4) is 0 Å². The van der Waals surface area contributed by atoms with Gasteiger partial charge in [-0.15, -0.1) is 0 Å². The van der Waals surface area contributed by atoms with E-state index >= 15 is 0 Å². The third-order valence-electron chi connectivity index (χ3n) is 6.53. The predicted molar refractivity (Wildman–Crippen MR) is 134 cm³/mol. The van der Waals surface area contributed by atoms with E-state index in [9.17, 15) is 14.4 Å². The van der Waals surface area contributed by atoms with E-state index in [1.54, 1.807) is 32.9 Å². The molecule has 8 nitrogen and oxygen atoms in total. The minimum absolute atomic E-state index is 0.0411. The van der Waals surface area contributed by atoms with Crippen molar-refractivity contribution >= 4 is 29.4 Å². The number of carbonyl (C=O) groups is 3. The zero-order chi connectivity index (χ0) is 24.9. The van der Waals surface area contributed by atoms with E-state index in [1.165, 1.54) is 0 Å². The number of nitrogens with zero attached hydrogens (tertiary/aromatic N) is 4. The predicted octanol–water partition coefficient (Wildman–Crippen LogP) is 3.47. The fraction of sp³-hybridized carbons (Fsp3) is 0.423. The van der Waals surface area contributed by atoms with Crippen LogP contribution in [-0.4, -0.2) is 70.0 Å². The van der Waals surface area contributed by atoms with Crippen molar-refractivity contribution in [2.24, 2.45) is 0 Å². The highest BCUT2D eigenvalue weighted by Crippen LogP contribution is 2.29. The van der Waals surface area contributed by atoms with E-state index in [-0.39, 0.29) is 30.9 Å². The molecule has 0 aromatic heterocycles. The third kappa shape index (κ3) is 5.60. The number of hydrogen-bond acceptors (Lipinski definition) is 4. The Hall–Kier alpha value is -3.10. The second kappa shape index (κ2) is 11.1.